The molecule has 0 aromatic rings. The fourth-order valence-corrected chi connectivity index (χ4v) is 0. The summed E-state index contributed by atoms with van der Waals surface area (Å²) in [6.07, 6.45) is 1.84. The minimum Gasteiger partial charge on any atom is -1.00 e. The summed E-state index contributed by atoms with van der Waals surface area (Å²) in [5.74, 6) is 0. The summed E-state index contributed by atoms with van der Waals surface area (Å²) in [4.78, 5) is 0. The van der Waals surface area contributed by atoms with Gasteiger partial charge in [0.15, 0.2) is 0 Å². The Hall–Kier alpha value is 0.870. The number of rotatable bonds is 1. The minimum absolute atomic E-state index is 0. The standard InChI is InChI=1S/C3H5.Al.Li.H/c1-3-2;;;/h3H,1-2H2;;;/q;;+1;-1. The molecule has 0 atom stereocenters. The smallest absolute Gasteiger partial charge is 1.00 e. The van der Waals surface area contributed by atoms with E-state index < -0.39 is 0 Å². The van der Waals surface area contributed by atoms with Crippen LogP contribution in [-0.2, 0) is 0 Å². The molecule has 0 bridgehead atoms. The van der Waals surface area contributed by atoms with Gasteiger partial charge >= 0.3 is 18.9 Å². The van der Waals surface area contributed by atoms with Crippen molar-refractivity contribution in [1.29, 1.82) is 0 Å². The van der Waals surface area contributed by atoms with E-state index in [1.54, 1.807) is 0 Å². The van der Waals surface area contributed by atoms with Crippen molar-refractivity contribution < 1.29 is 20.3 Å². The topological polar surface area (TPSA) is 0 Å². The molecule has 0 rings (SSSR count). The fourth-order valence-electron chi connectivity index (χ4n) is 0. The van der Waals surface area contributed by atoms with Crippen LogP contribution in [0.2, 0.25) is 5.28 Å². The van der Waals surface area contributed by atoms with Crippen molar-refractivity contribution >= 4 is 16.3 Å². The van der Waals surface area contributed by atoms with Crippen molar-refractivity contribution in [2.75, 3.05) is 0 Å². The van der Waals surface area contributed by atoms with Crippen molar-refractivity contribution in [3.05, 3.63) is 12.7 Å². The molecule has 0 saturated heterocycles. The van der Waals surface area contributed by atoms with Crippen LogP contribution in [0.25, 0.3) is 0 Å². The minimum atomic E-state index is 0. The molecule has 0 aliphatic heterocycles. The Labute approximate surface area is 54.7 Å². The zero-order valence-corrected chi connectivity index (χ0v) is 4.72. The van der Waals surface area contributed by atoms with Crippen molar-refractivity contribution in [3.63, 3.8) is 0 Å². The summed E-state index contributed by atoms with van der Waals surface area (Å²) in [6, 6.07) is 0. The summed E-state index contributed by atoms with van der Waals surface area (Å²) in [5, 5.41) is 1.00. The molecule has 2 radical (unpaired) electrons. The molecule has 22 valence electrons. The second-order valence-corrected chi connectivity index (χ2v) is 0.996. The van der Waals surface area contributed by atoms with Gasteiger partial charge in [-0.15, -0.1) is 17.9 Å². The van der Waals surface area contributed by atoms with Gasteiger partial charge < -0.3 is 1.43 Å². The Morgan fingerprint density at radius 2 is 2.20 bits per heavy atom. The molecule has 0 heterocycles. The van der Waals surface area contributed by atoms with E-state index in [1.807, 2.05) is 6.08 Å². The molecule has 0 nitrogen and oxygen atoms in total. The average molecular weight is 76.0 g/mol. The maximum Gasteiger partial charge on any atom is 1.00 e. The van der Waals surface area contributed by atoms with Crippen molar-refractivity contribution in [3.8, 4) is 0 Å². The van der Waals surface area contributed by atoms with Gasteiger partial charge in [-0.25, -0.2) is 0 Å². The van der Waals surface area contributed by atoms with E-state index in [4.69, 9.17) is 0 Å². The summed E-state index contributed by atoms with van der Waals surface area (Å²) in [6.45, 7) is 3.46. The summed E-state index contributed by atoms with van der Waals surface area (Å²) >= 11 is 2.54. The van der Waals surface area contributed by atoms with Crippen molar-refractivity contribution in [2.45, 2.75) is 5.28 Å². The van der Waals surface area contributed by atoms with Crippen LogP contribution in [0, 0.1) is 0 Å². The molecular weight excluding hydrogens is 70.0 g/mol. The second kappa shape index (κ2) is 8.85. The van der Waals surface area contributed by atoms with Crippen LogP contribution >= 0.6 is 0 Å². The SMILES string of the molecule is C=C[CH2][Al].[H-].[Li+]. The normalized spacial score (nSPS) is 4.80. The Bertz CT molecular complexity index is 24.8. The molecule has 0 spiro atoms. The first-order valence-electron chi connectivity index (χ1n) is 1.22. The molecule has 0 N–H and O–H groups in total. The van der Waals surface area contributed by atoms with Crippen LogP contribution in [0.3, 0.4) is 0 Å². The molecule has 5 heavy (non-hydrogen) atoms. The van der Waals surface area contributed by atoms with E-state index in [0.717, 1.165) is 5.28 Å². The van der Waals surface area contributed by atoms with Gasteiger partial charge in [-0.2, -0.15) is 0 Å². The van der Waals surface area contributed by atoms with Crippen molar-refractivity contribution in [2.24, 2.45) is 0 Å². The third kappa shape index (κ3) is 11.5. The summed E-state index contributed by atoms with van der Waals surface area (Å²) in [5.41, 5.74) is 0. The van der Waals surface area contributed by atoms with Crippen LogP contribution in [0.5, 0.6) is 0 Å². The third-order valence-electron chi connectivity index (χ3n) is 0.167. The monoisotopic (exact) mass is 76.0 g/mol. The first kappa shape index (κ1) is 9.30. The fraction of sp³-hybridized carbons (Fsp3) is 0.333. The Morgan fingerprint density at radius 1 is 2.00 bits per heavy atom. The van der Waals surface area contributed by atoms with Gasteiger partial charge in [-0.3, -0.25) is 0 Å². The van der Waals surface area contributed by atoms with E-state index >= 15 is 0 Å². The zero-order chi connectivity index (χ0) is 3.41. The first-order valence-corrected chi connectivity index (χ1v) is 2.04. The predicted octanol–water partition coefficient (Wildman–Crippen LogP) is -2.12. The maximum atomic E-state index is 3.46. The Balaban J connectivity index is -0.0000000450. The zero-order valence-electron chi connectivity index (χ0n) is 4.57. The van der Waals surface area contributed by atoms with E-state index in [1.165, 1.54) is 0 Å². The second-order valence-electron chi connectivity index (χ2n) is 0.524. The van der Waals surface area contributed by atoms with E-state index in [0.29, 0.717) is 0 Å². The molecule has 0 aromatic heterocycles. The summed E-state index contributed by atoms with van der Waals surface area (Å²) in [7, 11) is 0. The first-order chi connectivity index (χ1) is 1.91. The number of hydrogen-bond acceptors (Lipinski definition) is 0. The molecule has 0 aromatic carbocycles. The predicted molar refractivity (Wildman–Crippen MR) is 21.9 cm³/mol. The molecule has 0 saturated carbocycles. The van der Waals surface area contributed by atoms with Gasteiger partial charge in [0.1, 0.15) is 16.3 Å². The quantitative estimate of drug-likeness (QED) is 0.247. The molecule has 0 unspecified atom stereocenters. The summed E-state index contributed by atoms with van der Waals surface area (Å²) < 4.78 is 0. The van der Waals surface area contributed by atoms with Crippen LogP contribution < -0.4 is 18.9 Å². The van der Waals surface area contributed by atoms with Gasteiger partial charge in [0, 0.05) is 0 Å². The number of allylic oxidation sites excluding steroid dienone is 1. The van der Waals surface area contributed by atoms with Crippen LogP contribution in [-0.4, -0.2) is 16.3 Å². The van der Waals surface area contributed by atoms with E-state index in [9.17, 15) is 0 Å². The van der Waals surface area contributed by atoms with Crippen LogP contribution in [0.4, 0.5) is 0 Å². The van der Waals surface area contributed by atoms with E-state index in [-0.39, 0.29) is 20.3 Å². The van der Waals surface area contributed by atoms with Gasteiger partial charge in [0.25, 0.3) is 0 Å². The molecule has 0 amide bonds. The largest absolute Gasteiger partial charge is 1.00 e. The third-order valence-corrected chi connectivity index (χ3v) is 0.500. The molecule has 0 aliphatic rings. The molecule has 0 fully saturated rings. The molecule has 2 heteroatoms. The maximum absolute atomic E-state index is 3.46. The molecular formula is C3H6AlLi. The Morgan fingerprint density at radius 3 is 2.20 bits per heavy atom. The van der Waals surface area contributed by atoms with Gasteiger partial charge in [-0.05, 0) is 0 Å². The Kier molecular flexibility index (Phi) is 16.5. The van der Waals surface area contributed by atoms with E-state index in [2.05, 4.69) is 22.9 Å². The number of hydrogen-bond donors (Lipinski definition) is 0. The van der Waals surface area contributed by atoms with Gasteiger partial charge in [0.2, 0.25) is 0 Å². The average Bonchev–Trinajstić information content (AvgIpc) is 1.37. The van der Waals surface area contributed by atoms with Crippen LogP contribution in [0.15, 0.2) is 12.7 Å². The van der Waals surface area contributed by atoms with Crippen LogP contribution in [0.1, 0.15) is 1.43 Å². The van der Waals surface area contributed by atoms with Gasteiger partial charge in [-0.1, -0.05) is 0 Å². The van der Waals surface area contributed by atoms with Gasteiger partial charge in [0.05, 0.1) is 0 Å². The van der Waals surface area contributed by atoms with Crippen molar-refractivity contribution in [1.82, 2.24) is 0 Å². The molecule has 0 aliphatic carbocycles.